The van der Waals surface area contributed by atoms with E-state index in [0.717, 1.165) is 17.3 Å². The quantitative estimate of drug-likeness (QED) is 0.386. The number of halogens is 1. The van der Waals surface area contributed by atoms with Crippen LogP contribution >= 0.6 is 0 Å². The highest BCUT2D eigenvalue weighted by molar-refractivity contribution is 7.89. The van der Waals surface area contributed by atoms with Crippen molar-refractivity contribution in [1.82, 2.24) is 24.6 Å². The molecule has 0 unspecified atom stereocenters. The Morgan fingerprint density at radius 1 is 1.03 bits per heavy atom. The van der Waals surface area contributed by atoms with Crippen molar-refractivity contribution in [3.8, 4) is 22.5 Å². The molecule has 0 saturated heterocycles. The van der Waals surface area contributed by atoms with Gasteiger partial charge in [0, 0.05) is 35.9 Å². The van der Waals surface area contributed by atoms with Crippen LogP contribution in [0.15, 0.2) is 84.3 Å². The molecule has 0 amide bonds. The third-order valence-corrected chi connectivity index (χ3v) is 6.03. The summed E-state index contributed by atoms with van der Waals surface area (Å²) in [5, 5.41) is 13.0. The van der Waals surface area contributed by atoms with Crippen molar-refractivity contribution >= 4 is 21.4 Å². The van der Waals surface area contributed by atoms with Crippen molar-refractivity contribution in [3.63, 3.8) is 0 Å². The summed E-state index contributed by atoms with van der Waals surface area (Å²) in [7, 11) is -3.96. The number of benzene rings is 1. The first-order chi connectivity index (χ1) is 16.4. The first-order valence-electron chi connectivity index (χ1n) is 10.2. The van der Waals surface area contributed by atoms with E-state index in [0.29, 0.717) is 16.9 Å². The smallest absolute Gasteiger partial charge is 0.239 e. The zero-order chi connectivity index (χ0) is 23.7. The number of sulfonamides is 1. The van der Waals surface area contributed by atoms with E-state index in [9.17, 15) is 12.8 Å². The average Bonchev–Trinajstić information content (AvgIpc) is 3.28. The number of anilines is 1. The van der Waals surface area contributed by atoms with Crippen LogP contribution < -0.4 is 10.5 Å². The Balaban J connectivity index is 1.66. The third kappa shape index (κ3) is 4.21. The number of aromatic nitrogens is 5. The Morgan fingerprint density at radius 2 is 1.85 bits per heavy atom. The monoisotopic (exact) mass is 475 g/mol. The molecule has 4 heterocycles. The minimum absolute atomic E-state index is 0.0770. The standard InChI is InChI=1S/C23H18FN7O2S/c24-19-7-4-9-27-20(19)14-28-23-21-18(15-5-2-1-3-6-15)8-10-31(21)30-22(29-23)16-11-17(13-26-12-16)34(25,32)33/h1-13H,14H2,(H2,25,32,33)(H,28,29,30). The number of fused-ring (bicyclic) bond motifs is 1. The molecule has 0 spiro atoms. The molecule has 4 aromatic heterocycles. The van der Waals surface area contributed by atoms with Gasteiger partial charge in [-0.25, -0.2) is 27.4 Å². The number of nitrogens with two attached hydrogens (primary N) is 1. The zero-order valence-electron chi connectivity index (χ0n) is 17.6. The van der Waals surface area contributed by atoms with Crippen molar-refractivity contribution in [3.05, 3.63) is 90.9 Å². The topological polar surface area (TPSA) is 128 Å². The number of nitrogens with zero attached hydrogens (tertiary/aromatic N) is 5. The van der Waals surface area contributed by atoms with Gasteiger partial charge in [-0.05, 0) is 29.8 Å². The Bertz CT molecular complexity index is 1600. The minimum Gasteiger partial charge on any atom is -0.362 e. The second kappa shape index (κ2) is 8.61. The lowest BCUT2D eigenvalue weighted by Gasteiger charge is -2.12. The van der Waals surface area contributed by atoms with E-state index in [1.165, 1.54) is 30.6 Å². The Hall–Kier alpha value is -4.22. The van der Waals surface area contributed by atoms with Crippen LogP contribution in [0.2, 0.25) is 0 Å². The van der Waals surface area contributed by atoms with E-state index in [4.69, 9.17) is 5.14 Å². The summed E-state index contributed by atoms with van der Waals surface area (Å²) in [6.07, 6.45) is 5.88. The Labute approximate surface area is 194 Å². The van der Waals surface area contributed by atoms with E-state index in [1.807, 2.05) is 36.4 Å². The molecule has 0 bridgehead atoms. The molecule has 34 heavy (non-hydrogen) atoms. The molecule has 5 aromatic rings. The number of primary sulfonamides is 1. The lowest BCUT2D eigenvalue weighted by molar-refractivity contribution is 0.597. The highest BCUT2D eigenvalue weighted by Gasteiger charge is 2.17. The van der Waals surface area contributed by atoms with E-state index in [-0.39, 0.29) is 23.0 Å². The fourth-order valence-electron chi connectivity index (χ4n) is 3.53. The Kier molecular flexibility index (Phi) is 5.48. The predicted octanol–water partition coefficient (Wildman–Crippen LogP) is 3.25. The molecule has 170 valence electrons. The Morgan fingerprint density at radius 3 is 2.62 bits per heavy atom. The van der Waals surface area contributed by atoms with Crippen LogP contribution in [0.4, 0.5) is 10.2 Å². The first-order valence-corrected chi connectivity index (χ1v) is 11.7. The molecule has 3 N–H and O–H groups in total. The van der Waals surface area contributed by atoms with Crippen molar-refractivity contribution in [1.29, 1.82) is 0 Å². The molecule has 0 radical (unpaired) electrons. The molecule has 1 aromatic carbocycles. The van der Waals surface area contributed by atoms with Crippen molar-refractivity contribution in [2.75, 3.05) is 5.32 Å². The molecule has 11 heteroatoms. The second-order valence-electron chi connectivity index (χ2n) is 7.41. The van der Waals surface area contributed by atoms with Gasteiger partial charge in [0.2, 0.25) is 10.0 Å². The molecule has 5 rings (SSSR count). The van der Waals surface area contributed by atoms with Gasteiger partial charge in [0.1, 0.15) is 16.2 Å². The summed E-state index contributed by atoms with van der Waals surface area (Å²) in [4.78, 5) is 12.5. The predicted molar refractivity (Wildman–Crippen MR) is 125 cm³/mol. The molecule has 9 nitrogen and oxygen atoms in total. The number of pyridine rings is 2. The lowest BCUT2D eigenvalue weighted by atomic mass is 10.1. The maximum absolute atomic E-state index is 14.2. The molecular formula is C23H18FN7O2S. The van der Waals surface area contributed by atoms with Crippen LogP contribution in [0, 0.1) is 5.82 Å². The number of nitrogens with one attached hydrogen (secondary N) is 1. The first kappa shape index (κ1) is 21.6. The van der Waals surface area contributed by atoms with E-state index in [1.54, 1.807) is 10.7 Å². The van der Waals surface area contributed by atoms with Crippen molar-refractivity contribution < 1.29 is 12.8 Å². The minimum atomic E-state index is -3.96. The number of hydrogen-bond donors (Lipinski definition) is 2. The fraction of sp³-hybridized carbons (Fsp3) is 0.0435. The maximum atomic E-state index is 14.2. The third-order valence-electron chi connectivity index (χ3n) is 5.15. The van der Waals surface area contributed by atoms with Crippen LogP contribution in [0.3, 0.4) is 0 Å². The van der Waals surface area contributed by atoms with E-state index < -0.39 is 15.8 Å². The largest absolute Gasteiger partial charge is 0.362 e. The van der Waals surface area contributed by atoms with Gasteiger partial charge in [-0.2, -0.15) is 0 Å². The van der Waals surface area contributed by atoms with E-state index >= 15 is 0 Å². The molecule has 0 fully saturated rings. The molecule has 0 aliphatic heterocycles. The fourth-order valence-corrected chi connectivity index (χ4v) is 4.03. The second-order valence-corrected chi connectivity index (χ2v) is 8.97. The average molecular weight is 476 g/mol. The summed E-state index contributed by atoms with van der Waals surface area (Å²) in [6, 6.07) is 15.8. The van der Waals surface area contributed by atoms with Crippen LogP contribution in [-0.2, 0) is 16.6 Å². The highest BCUT2D eigenvalue weighted by Crippen LogP contribution is 2.31. The van der Waals surface area contributed by atoms with E-state index in [2.05, 4.69) is 25.4 Å². The van der Waals surface area contributed by atoms with Gasteiger partial charge in [0.25, 0.3) is 0 Å². The normalized spacial score (nSPS) is 11.6. The van der Waals surface area contributed by atoms with Crippen LogP contribution in [-0.4, -0.2) is 33.0 Å². The summed E-state index contributed by atoms with van der Waals surface area (Å²) in [5.74, 6) is 0.189. The number of rotatable bonds is 6. The highest BCUT2D eigenvalue weighted by atomic mass is 32.2. The van der Waals surface area contributed by atoms with Gasteiger partial charge in [0.05, 0.1) is 12.2 Å². The van der Waals surface area contributed by atoms with Crippen LogP contribution in [0.1, 0.15) is 5.69 Å². The molecular weight excluding hydrogens is 457 g/mol. The maximum Gasteiger partial charge on any atom is 0.239 e. The van der Waals surface area contributed by atoms with Gasteiger partial charge in [-0.1, -0.05) is 30.3 Å². The van der Waals surface area contributed by atoms with Crippen molar-refractivity contribution in [2.24, 2.45) is 5.14 Å². The van der Waals surface area contributed by atoms with Gasteiger partial charge >= 0.3 is 0 Å². The van der Waals surface area contributed by atoms with Crippen LogP contribution in [0.5, 0.6) is 0 Å². The van der Waals surface area contributed by atoms with Gasteiger partial charge in [0.15, 0.2) is 11.6 Å². The summed E-state index contributed by atoms with van der Waals surface area (Å²) >= 11 is 0. The molecule has 0 aliphatic rings. The molecule has 0 aliphatic carbocycles. The van der Waals surface area contributed by atoms with Crippen LogP contribution in [0.25, 0.3) is 28.0 Å². The summed E-state index contributed by atoms with van der Waals surface area (Å²) < 4.78 is 39.4. The molecule has 0 saturated carbocycles. The zero-order valence-corrected chi connectivity index (χ0v) is 18.4. The SMILES string of the molecule is NS(=O)(=O)c1cncc(-c2nc(NCc3ncccc3F)c3c(-c4ccccc4)ccn3n2)c1. The lowest BCUT2D eigenvalue weighted by Crippen LogP contribution is -2.13. The summed E-state index contributed by atoms with van der Waals surface area (Å²) in [5.41, 5.74) is 3.07. The van der Waals surface area contributed by atoms with Gasteiger partial charge < -0.3 is 5.32 Å². The number of hydrogen-bond acceptors (Lipinski definition) is 7. The van der Waals surface area contributed by atoms with Crippen molar-refractivity contribution in [2.45, 2.75) is 11.4 Å². The molecule has 0 atom stereocenters. The summed E-state index contributed by atoms with van der Waals surface area (Å²) in [6.45, 7) is 0.0770. The van der Waals surface area contributed by atoms with Gasteiger partial charge in [-0.3, -0.25) is 9.97 Å². The van der Waals surface area contributed by atoms with Gasteiger partial charge in [-0.15, -0.1) is 5.10 Å².